The molecule has 0 N–H and O–H groups in total. The molecular weight excluding hydrogens is 194 g/mol. The molecule has 0 radical (unpaired) electrons. The second-order valence-electron chi connectivity index (χ2n) is 4.88. The van der Waals surface area contributed by atoms with Crippen molar-refractivity contribution < 1.29 is 14.3 Å². The molecule has 2 bridgehead atoms. The zero-order valence-corrected chi connectivity index (χ0v) is 8.39. The Kier molecular flexibility index (Phi) is 1.29. The molecule has 4 rings (SSSR count). The van der Waals surface area contributed by atoms with Crippen LogP contribution in [0.2, 0.25) is 0 Å². The van der Waals surface area contributed by atoms with E-state index in [0.29, 0.717) is 12.5 Å². The van der Waals surface area contributed by atoms with E-state index in [1.807, 2.05) is 4.90 Å². The van der Waals surface area contributed by atoms with Crippen LogP contribution in [0.3, 0.4) is 0 Å². The van der Waals surface area contributed by atoms with E-state index >= 15 is 0 Å². The number of hydrogen-bond acceptors (Lipinski definition) is 3. The van der Waals surface area contributed by atoms with Crippen molar-refractivity contribution in [3.05, 3.63) is 12.2 Å². The number of nitrogens with zero attached hydrogens (tertiary/aromatic N) is 1. The molecular formula is C11H13NO3. The maximum absolute atomic E-state index is 11.5. The third-order valence-corrected chi connectivity index (χ3v) is 4.30. The van der Waals surface area contributed by atoms with Gasteiger partial charge in [0, 0.05) is 6.54 Å². The highest BCUT2D eigenvalue weighted by Gasteiger charge is 2.61. The first-order valence-corrected chi connectivity index (χ1v) is 5.60. The fourth-order valence-electron chi connectivity index (χ4n) is 3.59. The fourth-order valence-corrected chi connectivity index (χ4v) is 3.59. The lowest BCUT2D eigenvalue weighted by molar-refractivity contribution is -0.0576. The Morgan fingerprint density at radius 1 is 1.53 bits per heavy atom. The minimum absolute atomic E-state index is 0.118. The van der Waals surface area contributed by atoms with E-state index in [1.165, 1.54) is 0 Å². The third kappa shape index (κ3) is 0.807. The van der Waals surface area contributed by atoms with Crippen molar-refractivity contribution in [2.75, 3.05) is 13.2 Å². The van der Waals surface area contributed by atoms with Gasteiger partial charge in [0.2, 0.25) is 0 Å². The Bertz CT molecular complexity index is 367. The standard InChI is InChI=1S/C11H13NO3/c13-10-12-4-2-7-5-8-1-3-11(7,15-8)9(12)6-14-10/h1,3,7-9H,2,4-6H2/t7-,8+,9+,11+/m1/s1. The van der Waals surface area contributed by atoms with Crippen molar-refractivity contribution in [1.82, 2.24) is 4.90 Å². The van der Waals surface area contributed by atoms with Gasteiger partial charge in [0.25, 0.3) is 0 Å². The number of fused-ring (bicyclic) bond motifs is 2. The second kappa shape index (κ2) is 2.38. The molecule has 3 saturated heterocycles. The summed E-state index contributed by atoms with van der Waals surface area (Å²) in [5, 5.41) is 0. The van der Waals surface area contributed by atoms with Crippen LogP contribution in [0.5, 0.6) is 0 Å². The van der Waals surface area contributed by atoms with E-state index in [2.05, 4.69) is 12.2 Å². The third-order valence-electron chi connectivity index (χ3n) is 4.30. The number of rotatable bonds is 0. The highest BCUT2D eigenvalue weighted by molar-refractivity contribution is 5.71. The summed E-state index contributed by atoms with van der Waals surface area (Å²) in [6, 6.07) is 0.118. The number of piperidine rings is 1. The van der Waals surface area contributed by atoms with Crippen LogP contribution in [-0.2, 0) is 9.47 Å². The highest BCUT2D eigenvalue weighted by atomic mass is 16.6. The van der Waals surface area contributed by atoms with E-state index in [4.69, 9.17) is 9.47 Å². The Morgan fingerprint density at radius 3 is 3.33 bits per heavy atom. The highest BCUT2D eigenvalue weighted by Crippen LogP contribution is 2.51. The minimum Gasteiger partial charge on any atom is -0.447 e. The van der Waals surface area contributed by atoms with Crippen LogP contribution in [0.25, 0.3) is 0 Å². The molecule has 15 heavy (non-hydrogen) atoms. The van der Waals surface area contributed by atoms with Crippen LogP contribution in [0.1, 0.15) is 12.8 Å². The molecule has 4 heterocycles. The van der Waals surface area contributed by atoms with Crippen molar-refractivity contribution in [2.24, 2.45) is 5.92 Å². The lowest BCUT2D eigenvalue weighted by Crippen LogP contribution is -2.57. The molecule has 0 aliphatic carbocycles. The Labute approximate surface area is 87.8 Å². The van der Waals surface area contributed by atoms with Crippen molar-refractivity contribution in [1.29, 1.82) is 0 Å². The predicted molar refractivity (Wildman–Crippen MR) is 51.3 cm³/mol. The van der Waals surface area contributed by atoms with Crippen LogP contribution in [-0.4, -0.2) is 41.9 Å². The first-order valence-electron chi connectivity index (χ1n) is 5.60. The van der Waals surface area contributed by atoms with Crippen LogP contribution >= 0.6 is 0 Å². The Balaban J connectivity index is 1.79. The van der Waals surface area contributed by atoms with Gasteiger partial charge in [0.05, 0.1) is 6.10 Å². The van der Waals surface area contributed by atoms with Gasteiger partial charge >= 0.3 is 6.09 Å². The number of cyclic esters (lactones) is 1. The summed E-state index contributed by atoms with van der Waals surface area (Å²) < 4.78 is 11.2. The number of carbonyl (C=O) groups is 1. The molecule has 80 valence electrons. The molecule has 1 amide bonds. The number of carbonyl (C=O) groups excluding carboxylic acids is 1. The molecule has 4 atom stereocenters. The molecule has 4 aliphatic heterocycles. The zero-order valence-electron chi connectivity index (χ0n) is 8.39. The van der Waals surface area contributed by atoms with Gasteiger partial charge < -0.3 is 9.47 Å². The maximum atomic E-state index is 11.5. The van der Waals surface area contributed by atoms with Gasteiger partial charge in [0.15, 0.2) is 0 Å². The summed E-state index contributed by atoms with van der Waals surface area (Å²) in [6.45, 7) is 1.33. The topological polar surface area (TPSA) is 38.8 Å². The van der Waals surface area contributed by atoms with Crippen LogP contribution in [0, 0.1) is 5.92 Å². The monoisotopic (exact) mass is 207 g/mol. The lowest BCUT2D eigenvalue weighted by Gasteiger charge is -2.43. The molecule has 1 spiro atoms. The molecule has 3 fully saturated rings. The average Bonchev–Trinajstić information content (AvgIpc) is 2.88. The quantitative estimate of drug-likeness (QED) is 0.554. The fraction of sp³-hybridized carbons (Fsp3) is 0.727. The predicted octanol–water partition coefficient (Wildman–Crippen LogP) is 0.925. The van der Waals surface area contributed by atoms with Gasteiger partial charge in [-0.05, 0) is 18.8 Å². The molecule has 4 aliphatic rings. The number of ether oxygens (including phenoxy) is 2. The SMILES string of the molecule is O=C1OC[C@@H]2N1CC[C@@H]1C[C@@H]3C=C[C@]12O3. The van der Waals surface area contributed by atoms with Crippen LogP contribution < -0.4 is 0 Å². The summed E-state index contributed by atoms with van der Waals surface area (Å²) in [5.41, 5.74) is -0.213. The Hall–Kier alpha value is -1.03. The molecule has 4 nitrogen and oxygen atoms in total. The van der Waals surface area contributed by atoms with Crippen molar-refractivity contribution >= 4 is 6.09 Å². The molecule has 0 aromatic rings. The van der Waals surface area contributed by atoms with Gasteiger partial charge in [-0.1, -0.05) is 12.2 Å². The van der Waals surface area contributed by atoms with Gasteiger partial charge in [-0.3, -0.25) is 4.90 Å². The number of hydrogen-bond donors (Lipinski definition) is 0. The maximum Gasteiger partial charge on any atom is 0.410 e. The van der Waals surface area contributed by atoms with Crippen molar-refractivity contribution in [3.8, 4) is 0 Å². The van der Waals surface area contributed by atoms with Gasteiger partial charge in [-0.2, -0.15) is 0 Å². The molecule has 0 aromatic heterocycles. The average molecular weight is 207 g/mol. The Morgan fingerprint density at radius 2 is 2.47 bits per heavy atom. The summed E-state index contributed by atoms with van der Waals surface area (Å²) in [6.07, 6.45) is 6.60. The molecule has 0 saturated carbocycles. The summed E-state index contributed by atoms with van der Waals surface area (Å²) >= 11 is 0. The van der Waals surface area contributed by atoms with Crippen molar-refractivity contribution in [3.63, 3.8) is 0 Å². The van der Waals surface area contributed by atoms with Gasteiger partial charge in [0.1, 0.15) is 18.2 Å². The van der Waals surface area contributed by atoms with Crippen LogP contribution in [0.4, 0.5) is 4.79 Å². The first-order chi connectivity index (χ1) is 7.29. The first kappa shape index (κ1) is 8.16. The molecule has 0 unspecified atom stereocenters. The minimum atomic E-state index is -0.213. The summed E-state index contributed by atoms with van der Waals surface area (Å²) in [4.78, 5) is 13.3. The van der Waals surface area contributed by atoms with Gasteiger partial charge in [-0.25, -0.2) is 4.79 Å². The summed E-state index contributed by atoms with van der Waals surface area (Å²) in [5.74, 6) is 0.586. The zero-order chi connectivity index (χ0) is 10.0. The van der Waals surface area contributed by atoms with Gasteiger partial charge in [-0.15, -0.1) is 0 Å². The molecule has 0 aromatic carbocycles. The largest absolute Gasteiger partial charge is 0.447 e. The number of amides is 1. The van der Waals surface area contributed by atoms with E-state index in [1.54, 1.807) is 0 Å². The van der Waals surface area contributed by atoms with E-state index in [9.17, 15) is 4.79 Å². The lowest BCUT2D eigenvalue weighted by atomic mass is 9.73. The van der Waals surface area contributed by atoms with E-state index < -0.39 is 0 Å². The summed E-state index contributed by atoms with van der Waals surface area (Å²) in [7, 11) is 0. The van der Waals surface area contributed by atoms with E-state index in [-0.39, 0.29) is 23.8 Å². The van der Waals surface area contributed by atoms with E-state index in [0.717, 1.165) is 19.4 Å². The smallest absolute Gasteiger partial charge is 0.410 e. The molecule has 4 heteroatoms. The normalized spacial score (nSPS) is 50.5. The van der Waals surface area contributed by atoms with Crippen LogP contribution in [0.15, 0.2) is 12.2 Å². The van der Waals surface area contributed by atoms with Crippen molar-refractivity contribution in [2.45, 2.75) is 30.6 Å². The second-order valence-corrected chi connectivity index (χ2v) is 4.88.